The van der Waals surface area contributed by atoms with Crippen LogP contribution in [0.2, 0.25) is 0 Å². The second-order valence-electron chi connectivity index (χ2n) is 7.76. The zero-order chi connectivity index (χ0) is 24.2. The molecule has 2 amide bonds. The summed E-state index contributed by atoms with van der Waals surface area (Å²) in [6.07, 6.45) is 3.12. The predicted octanol–water partition coefficient (Wildman–Crippen LogP) is 3.28. The van der Waals surface area contributed by atoms with Crippen LogP contribution in [0, 0.1) is 0 Å². The largest absolute Gasteiger partial charge is 0.504 e. The van der Waals surface area contributed by atoms with Crippen LogP contribution in [0.5, 0.6) is 11.5 Å². The lowest BCUT2D eigenvalue weighted by atomic mass is 10.1. The number of benzene rings is 1. The summed E-state index contributed by atoms with van der Waals surface area (Å²) < 4.78 is 10.6. The summed E-state index contributed by atoms with van der Waals surface area (Å²) in [5.74, 6) is 1.42. The van der Waals surface area contributed by atoms with Crippen LogP contribution >= 0.6 is 0 Å². The van der Waals surface area contributed by atoms with E-state index in [-0.39, 0.29) is 11.6 Å². The van der Waals surface area contributed by atoms with Gasteiger partial charge in [-0.1, -0.05) is 0 Å². The highest BCUT2D eigenvalue weighted by atomic mass is 16.5. The highest BCUT2D eigenvalue weighted by Crippen LogP contribution is 2.31. The van der Waals surface area contributed by atoms with Crippen LogP contribution < -0.4 is 20.3 Å². The maximum absolute atomic E-state index is 12.6. The Morgan fingerprint density at radius 2 is 1.91 bits per heavy atom. The van der Waals surface area contributed by atoms with Gasteiger partial charge in [-0.25, -0.2) is 24.7 Å². The molecule has 0 atom stereocenters. The summed E-state index contributed by atoms with van der Waals surface area (Å²) in [5.41, 5.74) is 2.92. The monoisotopic (exact) mass is 473 g/mol. The van der Waals surface area contributed by atoms with Gasteiger partial charge < -0.3 is 24.8 Å². The van der Waals surface area contributed by atoms with Crippen LogP contribution in [0.25, 0.3) is 22.4 Å². The smallest absolute Gasteiger partial charge is 0.324 e. The van der Waals surface area contributed by atoms with Crippen molar-refractivity contribution in [2.75, 3.05) is 48.9 Å². The number of hydrogen-bond acceptors (Lipinski definition) is 9. The van der Waals surface area contributed by atoms with E-state index in [1.165, 1.54) is 19.4 Å². The number of fused-ring (bicyclic) bond motifs is 1. The number of hydrogen-bond donors (Lipinski definition) is 3. The Morgan fingerprint density at radius 1 is 1.06 bits per heavy atom. The number of carbonyl (C=O) groups is 1. The molecule has 35 heavy (non-hydrogen) atoms. The number of carbonyl (C=O) groups excluding carboxylic acids is 1. The van der Waals surface area contributed by atoms with E-state index in [9.17, 15) is 9.90 Å². The summed E-state index contributed by atoms with van der Waals surface area (Å²) in [5, 5.41) is 15.3. The van der Waals surface area contributed by atoms with Gasteiger partial charge in [-0.15, -0.1) is 0 Å². The number of phenolic OH excluding ortho intramolecular Hbond substituents is 1. The van der Waals surface area contributed by atoms with Gasteiger partial charge in [0.05, 0.1) is 32.2 Å². The minimum atomic E-state index is -0.461. The average molecular weight is 473 g/mol. The molecule has 0 saturated carbocycles. The van der Waals surface area contributed by atoms with Gasteiger partial charge in [0.1, 0.15) is 11.3 Å². The molecule has 0 spiro atoms. The van der Waals surface area contributed by atoms with Crippen LogP contribution in [0.1, 0.15) is 0 Å². The highest BCUT2D eigenvalue weighted by Gasteiger charge is 2.14. The maximum atomic E-state index is 12.6. The number of aromatic hydroxyl groups is 1. The molecule has 178 valence electrons. The Labute approximate surface area is 200 Å². The fraction of sp³-hybridized carbons (Fsp3) is 0.208. The van der Waals surface area contributed by atoms with Crippen LogP contribution in [0.4, 0.5) is 22.1 Å². The number of amides is 2. The van der Waals surface area contributed by atoms with Gasteiger partial charge in [-0.3, -0.25) is 5.32 Å². The summed E-state index contributed by atoms with van der Waals surface area (Å²) in [6.45, 7) is 2.80. The number of rotatable bonds is 5. The van der Waals surface area contributed by atoms with E-state index in [2.05, 4.69) is 35.5 Å². The zero-order valence-electron chi connectivity index (χ0n) is 18.9. The number of ether oxygens (including phenoxy) is 2. The van der Waals surface area contributed by atoms with Crippen LogP contribution in [-0.2, 0) is 4.74 Å². The van der Waals surface area contributed by atoms with E-state index < -0.39 is 6.03 Å². The van der Waals surface area contributed by atoms with Crippen molar-refractivity contribution in [3.05, 3.63) is 54.9 Å². The van der Waals surface area contributed by atoms with Crippen molar-refractivity contribution >= 4 is 34.5 Å². The molecule has 1 aliphatic heterocycles. The van der Waals surface area contributed by atoms with Gasteiger partial charge in [0.25, 0.3) is 0 Å². The first-order valence-electron chi connectivity index (χ1n) is 11.0. The van der Waals surface area contributed by atoms with Gasteiger partial charge >= 0.3 is 6.03 Å². The maximum Gasteiger partial charge on any atom is 0.324 e. The lowest BCUT2D eigenvalue weighted by Crippen LogP contribution is -2.36. The van der Waals surface area contributed by atoms with Crippen LogP contribution in [0.15, 0.2) is 54.9 Å². The average Bonchev–Trinajstić information content (AvgIpc) is 2.89. The molecule has 0 radical (unpaired) electrons. The number of pyridine rings is 2. The number of nitrogens with zero attached hydrogens (tertiary/aromatic N) is 5. The standard InChI is InChI=1S/C24H23N7O4/c1-34-20-12-15(2-5-19(20)32)17-3-4-18-23(28-17)29-21(14-26-18)30-24(33)27-16-6-7-25-22(13-16)31-8-10-35-11-9-31/h2-7,12-14,32H,8-11H2,1H3,(H2,25,27,28,29,30,33). The number of nitrogens with one attached hydrogen (secondary N) is 2. The van der Waals surface area contributed by atoms with Crippen molar-refractivity contribution in [1.29, 1.82) is 0 Å². The van der Waals surface area contributed by atoms with E-state index in [0.29, 0.717) is 41.5 Å². The molecule has 0 aliphatic carbocycles. The molecule has 1 aliphatic rings. The lowest BCUT2D eigenvalue weighted by Gasteiger charge is -2.28. The van der Waals surface area contributed by atoms with E-state index >= 15 is 0 Å². The Bertz CT molecular complexity index is 1380. The molecule has 0 unspecified atom stereocenters. The number of aromatic nitrogens is 4. The van der Waals surface area contributed by atoms with Gasteiger partial charge in [0.2, 0.25) is 0 Å². The second kappa shape index (κ2) is 9.77. The van der Waals surface area contributed by atoms with E-state index in [1.807, 2.05) is 6.07 Å². The Kier molecular flexibility index (Phi) is 6.22. The Balaban J connectivity index is 1.31. The molecule has 11 heteroatoms. The van der Waals surface area contributed by atoms with Gasteiger partial charge in [-0.05, 0) is 36.4 Å². The molecule has 11 nitrogen and oxygen atoms in total. The van der Waals surface area contributed by atoms with Crippen LogP contribution in [0.3, 0.4) is 0 Å². The van der Waals surface area contributed by atoms with E-state index in [4.69, 9.17) is 9.47 Å². The Morgan fingerprint density at radius 3 is 2.74 bits per heavy atom. The normalized spacial score (nSPS) is 13.5. The molecule has 1 fully saturated rings. The third kappa shape index (κ3) is 5.04. The summed E-state index contributed by atoms with van der Waals surface area (Å²) in [4.78, 5) is 32.4. The quantitative estimate of drug-likeness (QED) is 0.399. The minimum absolute atomic E-state index is 0.0422. The molecule has 1 aromatic carbocycles. The van der Waals surface area contributed by atoms with Crippen molar-refractivity contribution < 1.29 is 19.4 Å². The molecule has 3 N–H and O–H groups in total. The molecule has 1 saturated heterocycles. The third-order valence-corrected chi connectivity index (χ3v) is 5.46. The number of phenols is 1. The van der Waals surface area contributed by atoms with Crippen LogP contribution in [-0.4, -0.2) is 64.5 Å². The molecule has 0 bridgehead atoms. The lowest BCUT2D eigenvalue weighted by molar-refractivity contribution is 0.122. The first-order valence-corrected chi connectivity index (χ1v) is 11.0. The summed E-state index contributed by atoms with van der Waals surface area (Å²) in [7, 11) is 1.48. The van der Waals surface area contributed by atoms with E-state index in [0.717, 1.165) is 24.5 Å². The number of morpholine rings is 1. The molecule has 3 aromatic heterocycles. The first kappa shape index (κ1) is 22.3. The summed E-state index contributed by atoms with van der Waals surface area (Å²) >= 11 is 0. The van der Waals surface area contributed by atoms with Gasteiger partial charge in [-0.2, -0.15) is 0 Å². The SMILES string of the molecule is COc1cc(-c2ccc3ncc(NC(=O)Nc4ccnc(N5CCOCC5)c4)nc3n2)ccc1O. The Hall–Kier alpha value is -4.51. The second-order valence-corrected chi connectivity index (χ2v) is 7.76. The first-order chi connectivity index (χ1) is 17.1. The molecule has 4 heterocycles. The molecule has 4 aromatic rings. The van der Waals surface area contributed by atoms with Crippen molar-refractivity contribution in [2.24, 2.45) is 0 Å². The third-order valence-electron chi connectivity index (χ3n) is 5.46. The summed E-state index contributed by atoms with van der Waals surface area (Å²) in [6, 6.07) is 11.6. The highest BCUT2D eigenvalue weighted by molar-refractivity contribution is 5.99. The van der Waals surface area contributed by atoms with Crippen molar-refractivity contribution in [1.82, 2.24) is 19.9 Å². The molecular formula is C24H23N7O4. The number of urea groups is 1. The molecular weight excluding hydrogens is 450 g/mol. The number of methoxy groups -OCH3 is 1. The minimum Gasteiger partial charge on any atom is -0.504 e. The fourth-order valence-electron chi connectivity index (χ4n) is 3.70. The van der Waals surface area contributed by atoms with Crippen molar-refractivity contribution in [2.45, 2.75) is 0 Å². The van der Waals surface area contributed by atoms with Crippen molar-refractivity contribution in [3.63, 3.8) is 0 Å². The van der Waals surface area contributed by atoms with E-state index in [1.54, 1.807) is 36.5 Å². The molecule has 5 rings (SSSR count). The van der Waals surface area contributed by atoms with Gasteiger partial charge in [0, 0.05) is 36.6 Å². The number of anilines is 3. The fourth-order valence-corrected chi connectivity index (χ4v) is 3.70. The zero-order valence-corrected chi connectivity index (χ0v) is 18.9. The van der Waals surface area contributed by atoms with Crippen molar-refractivity contribution in [3.8, 4) is 22.8 Å². The van der Waals surface area contributed by atoms with Gasteiger partial charge in [0.15, 0.2) is 23.0 Å². The predicted molar refractivity (Wildman–Crippen MR) is 131 cm³/mol. The topological polar surface area (TPSA) is 135 Å².